The van der Waals surface area contributed by atoms with E-state index in [0.717, 1.165) is 44.9 Å². The van der Waals surface area contributed by atoms with Crippen molar-refractivity contribution >= 4 is 11.9 Å². The van der Waals surface area contributed by atoms with Gasteiger partial charge in [0, 0.05) is 12.8 Å². The highest BCUT2D eigenvalue weighted by Crippen LogP contribution is 2.18. The zero-order valence-corrected chi connectivity index (χ0v) is 50.1. The van der Waals surface area contributed by atoms with Gasteiger partial charge >= 0.3 is 5.97 Å². The van der Waals surface area contributed by atoms with Gasteiger partial charge < -0.3 is 20.3 Å². The van der Waals surface area contributed by atoms with Crippen LogP contribution in [0.4, 0.5) is 0 Å². The van der Waals surface area contributed by atoms with Crippen LogP contribution in [0.3, 0.4) is 0 Å². The minimum atomic E-state index is -0.849. The van der Waals surface area contributed by atoms with E-state index in [-0.39, 0.29) is 18.5 Å². The molecule has 2 unspecified atom stereocenters. The highest BCUT2D eigenvalue weighted by atomic mass is 16.5. The van der Waals surface area contributed by atoms with Crippen LogP contribution in [0.25, 0.3) is 0 Å². The Morgan fingerprint density at radius 3 is 0.959 bits per heavy atom. The van der Waals surface area contributed by atoms with Crippen molar-refractivity contribution in [1.29, 1.82) is 0 Å². The number of amides is 1. The molecule has 0 aromatic carbocycles. The van der Waals surface area contributed by atoms with Crippen LogP contribution in [-0.2, 0) is 14.3 Å². The van der Waals surface area contributed by atoms with Crippen LogP contribution in [-0.4, -0.2) is 47.4 Å². The Balaban J connectivity index is 3.43. The van der Waals surface area contributed by atoms with Gasteiger partial charge in [0.25, 0.3) is 0 Å². The van der Waals surface area contributed by atoms with Gasteiger partial charge in [-0.2, -0.15) is 0 Å². The molecule has 0 radical (unpaired) electrons. The van der Waals surface area contributed by atoms with Gasteiger partial charge in [0.2, 0.25) is 5.91 Å². The third kappa shape index (κ3) is 59.6. The Kier molecular flexibility index (Phi) is 62.4. The van der Waals surface area contributed by atoms with Crippen molar-refractivity contribution in [2.75, 3.05) is 13.2 Å². The second kappa shape index (κ2) is 63.9. The summed E-state index contributed by atoms with van der Waals surface area (Å²) < 4.78 is 5.49. The average Bonchev–Trinajstić information content (AvgIpc) is 3.40. The van der Waals surface area contributed by atoms with Gasteiger partial charge in [-0.15, -0.1) is 0 Å². The molecule has 6 nitrogen and oxygen atoms in total. The largest absolute Gasteiger partial charge is 0.466 e. The van der Waals surface area contributed by atoms with E-state index >= 15 is 0 Å². The molecule has 438 valence electrons. The van der Waals surface area contributed by atoms with E-state index in [9.17, 15) is 19.8 Å². The molecule has 0 saturated heterocycles. The van der Waals surface area contributed by atoms with Crippen LogP contribution in [0, 0.1) is 0 Å². The van der Waals surface area contributed by atoms with Gasteiger partial charge in [0.15, 0.2) is 0 Å². The van der Waals surface area contributed by atoms with Crippen LogP contribution in [0.15, 0.2) is 24.3 Å². The summed E-state index contributed by atoms with van der Waals surface area (Å²) in [4.78, 5) is 24.6. The summed E-state index contributed by atoms with van der Waals surface area (Å²) >= 11 is 0. The quantitative estimate of drug-likeness (QED) is 0.0320. The summed E-state index contributed by atoms with van der Waals surface area (Å²) in [6.45, 7) is 4.92. The lowest BCUT2D eigenvalue weighted by atomic mass is 10.0. The van der Waals surface area contributed by atoms with Gasteiger partial charge in [0.05, 0.1) is 25.4 Å². The molecule has 0 bridgehead atoms. The third-order valence-electron chi connectivity index (χ3n) is 15.7. The van der Waals surface area contributed by atoms with Crippen LogP contribution < -0.4 is 5.32 Å². The number of aliphatic hydroxyl groups is 2. The molecule has 0 heterocycles. The predicted octanol–water partition coefficient (Wildman–Crippen LogP) is 21.4. The lowest BCUT2D eigenvalue weighted by Crippen LogP contribution is -2.45. The van der Waals surface area contributed by atoms with E-state index in [0.29, 0.717) is 19.4 Å². The number of unbranched alkanes of at least 4 members (excludes halogenated alkanes) is 50. The molecule has 0 aliphatic rings. The normalized spacial score (nSPS) is 12.6. The Morgan fingerprint density at radius 2 is 0.635 bits per heavy atom. The number of hydrogen-bond acceptors (Lipinski definition) is 5. The summed E-state index contributed by atoms with van der Waals surface area (Å²) in [5.74, 6) is -0.0673. The van der Waals surface area contributed by atoms with Gasteiger partial charge in [-0.3, -0.25) is 9.59 Å². The van der Waals surface area contributed by atoms with Crippen molar-refractivity contribution in [3.63, 3.8) is 0 Å². The number of nitrogens with one attached hydrogen (secondary N) is 1. The average molecular weight is 1040 g/mol. The van der Waals surface area contributed by atoms with Gasteiger partial charge in [-0.1, -0.05) is 327 Å². The first-order valence-electron chi connectivity index (χ1n) is 33.6. The Hall–Kier alpha value is -1.66. The molecule has 0 aromatic rings. The molecular weight excluding hydrogens is 911 g/mol. The third-order valence-corrected chi connectivity index (χ3v) is 15.7. The van der Waals surface area contributed by atoms with Crippen molar-refractivity contribution in [3.8, 4) is 0 Å². The van der Waals surface area contributed by atoms with Crippen molar-refractivity contribution in [2.24, 2.45) is 0 Å². The number of allylic oxidation sites excluding steroid dienone is 3. The number of carbonyl (C=O) groups excluding carboxylic acids is 2. The summed E-state index contributed by atoms with van der Waals surface area (Å²) in [5.41, 5.74) is 0. The number of aliphatic hydroxyl groups excluding tert-OH is 2. The molecule has 6 heteroatoms. The first kappa shape index (κ1) is 72.3. The Labute approximate surface area is 462 Å². The van der Waals surface area contributed by atoms with E-state index in [1.165, 1.54) is 302 Å². The van der Waals surface area contributed by atoms with Gasteiger partial charge in [-0.25, -0.2) is 0 Å². The lowest BCUT2D eigenvalue weighted by molar-refractivity contribution is -0.143. The standard InChI is InChI=1S/C68H131NO5/c1-3-5-7-9-11-13-15-17-19-21-22-23-24-25-26-29-32-36-40-44-48-52-56-60-66(71)65(64-70)69-67(72)61-57-53-49-45-41-37-33-30-27-31-35-39-43-47-51-55-59-63-74-68(73)62-58-54-50-46-42-38-34-28-20-18-16-14-12-10-8-6-4-2/h18,20,56,60,65-66,70-71H,3-17,19,21-55,57-59,61-64H2,1-2H3,(H,69,72)/b20-18-,60-56+. The molecule has 0 spiro atoms. The first-order valence-corrected chi connectivity index (χ1v) is 33.6. The summed E-state index contributed by atoms with van der Waals surface area (Å²) in [6, 6.07) is -0.633. The molecule has 0 rings (SSSR count). The zero-order chi connectivity index (χ0) is 53.6. The molecule has 0 saturated carbocycles. The minimum Gasteiger partial charge on any atom is -0.466 e. The predicted molar refractivity (Wildman–Crippen MR) is 324 cm³/mol. The fourth-order valence-corrected chi connectivity index (χ4v) is 10.6. The number of esters is 1. The SMILES string of the molecule is CCCCCCCC/C=C\CCCCCCCCCC(=O)OCCCCCCCCCCCCCCCCCCCC(=O)NC(CO)C(O)/C=C/CCCCCCCCCCCCCCCCCCCCCCC. The van der Waals surface area contributed by atoms with Crippen molar-refractivity contribution in [3.05, 3.63) is 24.3 Å². The van der Waals surface area contributed by atoms with Crippen LogP contribution in [0.2, 0.25) is 0 Å². The van der Waals surface area contributed by atoms with Gasteiger partial charge in [-0.05, 0) is 57.8 Å². The number of carbonyl (C=O) groups is 2. The molecule has 74 heavy (non-hydrogen) atoms. The lowest BCUT2D eigenvalue weighted by Gasteiger charge is -2.20. The fourth-order valence-electron chi connectivity index (χ4n) is 10.6. The minimum absolute atomic E-state index is 0.00209. The molecule has 0 aliphatic heterocycles. The maximum absolute atomic E-state index is 12.5. The molecule has 2 atom stereocenters. The molecule has 0 aromatic heterocycles. The summed E-state index contributed by atoms with van der Waals surface area (Å²) in [5, 5.41) is 23.2. The summed E-state index contributed by atoms with van der Waals surface area (Å²) in [6.07, 6.45) is 79.4. The van der Waals surface area contributed by atoms with Crippen LogP contribution in [0.1, 0.15) is 373 Å². The number of ether oxygens (including phenoxy) is 1. The highest BCUT2D eigenvalue weighted by Gasteiger charge is 2.18. The number of hydrogen-bond donors (Lipinski definition) is 3. The maximum Gasteiger partial charge on any atom is 0.305 e. The smallest absolute Gasteiger partial charge is 0.305 e. The number of rotatable bonds is 63. The molecule has 3 N–H and O–H groups in total. The Morgan fingerprint density at radius 1 is 0.365 bits per heavy atom. The van der Waals surface area contributed by atoms with E-state index in [4.69, 9.17) is 4.74 Å². The second-order valence-electron chi connectivity index (χ2n) is 23.2. The fraction of sp³-hybridized carbons (Fsp3) is 0.912. The van der Waals surface area contributed by atoms with Gasteiger partial charge in [0.1, 0.15) is 0 Å². The molecular formula is C68H131NO5. The maximum atomic E-state index is 12.5. The Bertz CT molecular complexity index is 1150. The highest BCUT2D eigenvalue weighted by molar-refractivity contribution is 5.76. The molecule has 0 aliphatic carbocycles. The van der Waals surface area contributed by atoms with Crippen molar-refractivity contribution < 1.29 is 24.5 Å². The van der Waals surface area contributed by atoms with Crippen LogP contribution >= 0.6 is 0 Å². The van der Waals surface area contributed by atoms with E-state index < -0.39 is 12.1 Å². The van der Waals surface area contributed by atoms with E-state index in [1.807, 2.05) is 6.08 Å². The molecule has 1 amide bonds. The van der Waals surface area contributed by atoms with E-state index in [1.54, 1.807) is 6.08 Å². The second-order valence-corrected chi connectivity index (χ2v) is 23.2. The van der Waals surface area contributed by atoms with E-state index in [2.05, 4.69) is 31.3 Å². The summed E-state index contributed by atoms with van der Waals surface area (Å²) in [7, 11) is 0. The topological polar surface area (TPSA) is 95.9 Å². The monoisotopic (exact) mass is 1040 g/mol. The van der Waals surface area contributed by atoms with Crippen LogP contribution in [0.5, 0.6) is 0 Å². The van der Waals surface area contributed by atoms with Crippen molar-refractivity contribution in [1.82, 2.24) is 5.32 Å². The first-order chi connectivity index (χ1) is 36.5. The molecule has 0 fully saturated rings. The zero-order valence-electron chi connectivity index (χ0n) is 50.1. The van der Waals surface area contributed by atoms with Crippen molar-refractivity contribution in [2.45, 2.75) is 386 Å².